The molecule has 3 nitrogen and oxygen atoms in total. The van der Waals surface area contributed by atoms with Crippen molar-refractivity contribution >= 4 is 0 Å². The van der Waals surface area contributed by atoms with Gasteiger partial charge in [0.05, 0.1) is 0 Å². The van der Waals surface area contributed by atoms with Crippen LogP contribution in [0.5, 0.6) is 0 Å². The number of hydrogen-bond acceptors (Lipinski definition) is 3. The van der Waals surface area contributed by atoms with Crippen molar-refractivity contribution in [3.63, 3.8) is 0 Å². The smallest absolute Gasteiger partial charge is 0.0198 e. The number of nitrogens with one attached hydrogen (secondary N) is 1. The Kier molecular flexibility index (Phi) is 7.20. The van der Waals surface area contributed by atoms with Gasteiger partial charge in [-0.3, -0.25) is 4.90 Å². The summed E-state index contributed by atoms with van der Waals surface area (Å²) in [4.78, 5) is 4.96. The average Bonchev–Trinajstić information content (AvgIpc) is 2.27. The van der Waals surface area contributed by atoms with Crippen molar-refractivity contribution in [3.8, 4) is 0 Å². The molecule has 1 fully saturated rings. The monoisotopic (exact) mass is 255 g/mol. The van der Waals surface area contributed by atoms with E-state index < -0.39 is 0 Å². The lowest BCUT2D eigenvalue weighted by atomic mass is 10.00. The van der Waals surface area contributed by atoms with Gasteiger partial charge >= 0.3 is 0 Å². The lowest BCUT2D eigenvalue weighted by molar-refractivity contribution is 0.129. The Hall–Kier alpha value is -0.120. The molecular formula is C15H33N3. The lowest BCUT2D eigenvalue weighted by Gasteiger charge is -2.39. The first-order valence-electron chi connectivity index (χ1n) is 7.61. The molecule has 0 spiro atoms. The van der Waals surface area contributed by atoms with E-state index in [1.165, 1.54) is 38.9 Å². The predicted molar refractivity (Wildman–Crippen MR) is 80.1 cm³/mol. The van der Waals surface area contributed by atoms with Crippen molar-refractivity contribution in [1.82, 2.24) is 15.1 Å². The summed E-state index contributed by atoms with van der Waals surface area (Å²) >= 11 is 0. The van der Waals surface area contributed by atoms with Crippen LogP contribution in [0, 0.1) is 5.92 Å². The quantitative estimate of drug-likeness (QED) is 0.702. The summed E-state index contributed by atoms with van der Waals surface area (Å²) < 4.78 is 0. The van der Waals surface area contributed by atoms with Crippen molar-refractivity contribution < 1.29 is 0 Å². The highest BCUT2D eigenvalue weighted by Crippen LogP contribution is 2.13. The van der Waals surface area contributed by atoms with E-state index in [9.17, 15) is 0 Å². The molecule has 2 unspecified atom stereocenters. The Morgan fingerprint density at radius 2 is 2.00 bits per heavy atom. The van der Waals surface area contributed by atoms with E-state index in [1.807, 2.05) is 0 Å². The van der Waals surface area contributed by atoms with E-state index in [1.54, 1.807) is 0 Å². The fourth-order valence-electron chi connectivity index (χ4n) is 2.78. The molecule has 0 aromatic heterocycles. The van der Waals surface area contributed by atoms with Crippen LogP contribution in [-0.2, 0) is 0 Å². The van der Waals surface area contributed by atoms with E-state index in [2.05, 4.69) is 50.0 Å². The normalized spacial score (nSPS) is 26.2. The van der Waals surface area contributed by atoms with Gasteiger partial charge in [0.1, 0.15) is 0 Å². The van der Waals surface area contributed by atoms with Crippen LogP contribution in [0.1, 0.15) is 40.0 Å². The zero-order chi connectivity index (χ0) is 13.5. The summed E-state index contributed by atoms with van der Waals surface area (Å²) in [5.41, 5.74) is 0. The maximum atomic E-state index is 3.69. The Balaban J connectivity index is 2.24. The van der Waals surface area contributed by atoms with Crippen LogP contribution in [0.15, 0.2) is 0 Å². The Bertz CT molecular complexity index is 216. The van der Waals surface area contributed by atoms with Crippen LogP contribution in [0.4, 0.5) is 0 Å². The minimum atomic E-state index is 0.702. The number of rotatable bonds is 7. The molecule has 0 aliphatic carbocycles. The van der Waals surface area contributed by atoms with E-state index >= 15 is 0 Å². The maximum Gasteiger partial charge on any atom is 0.0198 e. The van der Waals surface area contributed by atoms with Gasteiger partial charge in [-0.15, -0.1) is 0 Å². The Morgan fingerprint density at radius 1 is 1.28 bits per heavy atom. The summed E-state index contributed by atoms with van der Waals surface area (Å²) in [5, 5.41) is 3.69. The first kappa shape index (κ1) is 15.9. The summed E-state index contributed by atoms with van der Waals surface area (Å²) in [6, 6.07) is 1.41. The third kappa shape index (κ3) is 6.17. The van der Waals surface area contributed by atoms with Crippen LogP contribution in [-0.4, -0.2) is 62.2 Å². The second-order valence-electron chi connectivity index (χ2n) is 6.59. The zero-order valence-corrected chi connectivity index (χ0v) is 13.1. The van der Waals surface area contributed by atoms with Crippen LogP contribution in [0.2, 0.25) is 0 Å². The second kappa shape index (κ2) is 8.13. The van der Waals surface area contributed by atoms with Crippen molar-refractivity contribution in [1.29, 1.82) is 0 Å². The predicted octanol–water partition coefficient (Wildman–Crippen LogP) is 2.04. The molecule has 1 rings (SSSR count). The van der Waals surface area contributed by atoms with E-state index in [0.29, 0.717) is 12.1 Å². The third-order valence-electron chi connectivity index (χ3n) is 3.84. The SMILES string of the molecule is CC(C)CC1CN(CCCCN(C)C)C(C)CN1. The molecule has 0 amide bonds. The topological polar surface area (TPSA) is 18.5 Å². The lowest BCUT2D eigenvalue weighted by Crippen LogP contribution is -2.55. The summed E-state index contributed by atoms with van der Waals surface area (Å²) in [6.07, 6.45) is 3.95. The molecule has 1 aliphatic rings. The molecule has 0 radical (unpaired) electrons. The first-order valence-corrected chi connectivity index (χ1v) is 7.61. The zero-order valence-electron chi connectivity index (χ0n) is 13.1. The third-order valence-corrected chi connectivity index (χ3v) is 3.84. The maximum absolute atomic E-state index is 3.69. The Morgan fingerprint density at radius 3 is 2.61 bits per heavy atom. The van der Waals surface area contributed by atoms with Crippen molar-refractivity contribution in [3.05, 3.63) is 0 Å². The van der Waals surface area contributed by atoms with Crippen LogP contribution in [0.3, 0.4) is 0 Å². The van der Waals surface area contributed by atoms with Crippen LogP contribution in [0.25, 0.3) is 0 Å². The van der Waals surface area contributed by atoms with Gasteiger partial charge in [-0.05, 0) is 59.3 Å². The fourth-order valence-corrected chi connectivity index (χ4v) is 2.78. The molecule has 0 aromatic rings. The minimum absolute atomic E-state index is 0.702. The minimum Gasteiger partial charge on any atom is -0.311 e. The van der Waals surface area contributed by atoms with Gasteiger partial charge in [0.2, 0.25) is 0 Å². The van der Waals surface area contributed by atoms with Crippen molar-refractivity contribution in [2.75, 3.05) is 40.3 Å². The number of nitrogens with zero attached hydrogens (tertiary/aromatic N) is 2. The Labute approximate surface area is 114 Å². The molecule has 1 heterocycles. The van der Waals surface area contributed by atoms with Gasteiger partial charge in [0.25, 0.3) is 0 Å². The highest BCUT2D eigenvalue weighted by atomic mass is 15.2. The highest BCUT2D eigenvalue weighted by Gasteiger charge is 2.24. The number of hydrogen-bond donors (Lipinski definition) is 1. The summed E-state index contributed by atoms with van der Waals surface area (Å²) in [7, 11) is 4.32. The molecule has 1 aliphatic heterocycles. The van der Waals surface area contributed by atoms with Crippen LogP contribution < -0.4 is 5.32 Å². The molecule has 3 heteroatoms. The van der Waals surface area contributed by atoms with Gasteiger partial charge in [0, 0.05) is 25.2 Å². The number of piperazine rings is 1. The summed E-state index contributed by atoms with van der Waals surface area (Å²) in [5.74, 6) is 0.798. The fraction of sp³-hybridized carbons (Fsp3) is 1.00. The molecular weight excluding hydrogens is 222 g/mol. The molecule has 1 N–H and O–H groups in total. The molecule has 0 bridgehead atoms. The van der Waals surface area contributed by atoms with Gasteiger partial charge < -0.3 is 10.2 Å². The molecule has 1 saturated heterocycles. The van der Waals surface area contributed by atoms with Gasteiger partial charge in [-0.1, -0.05) is 13.8 Å². The van der Waals surface area contributed by atoms with Gasteiger partial charge in [0.15, 0.2) is 0 Å². The standard InChI is InChI=1S/C15H33N3/c1-13(2)10-15-12-18(14(3)11-16-15)9-7-6-8-17(4)5/h13-16H,6-12H2,1-5H3. The van der Waals surface area contributed by atoms with E-state index in [4.69, 9.17) is 0 Å². The van der Waals surface area contributed by atoms with E-state index in [-0.39, 0.29) is 0 Å². The molecule has 18 heavy (non-hydrogen) atoms. The molecule has 108 valence electrons. The largest absolute Gasteiger partial charge is 0.311 e. The van der Waals surface area contributed by atoms with Gasteiger partial charge in [-0.2, -0.15) is 0 Å². The van der Waals surface area contributed by atoms with Gasteiger partial charge in [-0.25, -0.2) is 0 Å². The number of unbranched alkanes of at least 4 members (excludes halogenated alkanes) is 1. The average molecular weight is 255 g/mol. The van der Waals surface area contributed by atoms with Crippen molar-refractivity contribution in [2.24, 2.45) is 5.92 Å². The molecule has 2 atom stereocenters. The van der Waals surface area contributed by atoms with Crippen molar-refractivity contribution in [2.45, 2.75) is 52.1 Å². The summed E-state index contributed by atoms with van der Waals surface area (Å²) in [6.45, 7) is 11.9. The highest BCUT2D eigenvalue weighted by molar-refractivity contribution is 4.84. The molecule has 0 saturated carbocycles. The van der Waals surface area contributed by atoms with E-state index in [0.717, 1.165) is 12.5 Å². The molecule has 0 aromatic carbocycles. The first-order chi connectivity index (χ1) is 8.49. The second-order valence-corrected chi connectivity index (χ2v) is 6.59. The van der Waals surface area contributed by atoms with Crippen LogP contribution >= 0.6 is 0 Å².